The van der Waals surface area contributed by atoms with Gasteiger partial charge in [0.15, 0.2) is 16.5 Å². The number of fused-ring (bicyclic) bond motifs is 1. The third-order valence-corrected chi connectivity index (χ3v) is 3.66. The Labute approximate surface area is 117 Å². The van der Waals surface area contributed by atoms with Crippen molar-refractivity contribution in [2.24, 2.45) is 5.92 Å². The summed E-state index contributed by atoms with van der Waals surface area (Å²) in [5.74, 6) is 6.84. The van der Waals surface area contributed by atoms with Crippen molar-refractivity contribution in [1.82, 2.24) is 15.0 Å². The molecule has 0 amide bonds. The number of rotatable bonds is 0. The highest BCUT2D eigenvalue weighted by Crippen LogP contribution is 2.23. The van der Waals surface area contributed by atoms with Gasteiger partial charge < -0.3 is 0 Å². The fraction of sp³-hybridized carbons (Fsp3) is 0.400. The summed E-state index contributed by atoms with van der Waals surface area (Å²) in [4.78, 5) is 12.8. The number of halogens is 1. The molecule has 0 saturated heterocycles. The Morgan fingerprint density at radius 3 is 2.84 bits per heavy atom. The minimum Gasteiger partial charge on any atom is -0.235 e. The SMILES string of the molecule is Clc1nc2cccnc2nc1C#CC1CCCCC1. The molecule has 2 aromatic rings. The first kappa shape index (κ1) is 12.4. The highest BCUT2D eigenvalue weighted by Gasteiger charge is 2.11. The van der Waals surface area contributed by atoms with Crippen LogP contribution in [0.1, 0.15) is 37.8 Å². The van der Waals surface area contributed by atoms with Crippen molar-refractivity contribution in [3.05, 3.63) is 29.2 Å². The van der Waals surface area contributed by atoms with Gasteiger partial charge >= 0.3 is 0 Å². The first-order valence-electron chi connectivity index (χ1n) is 6.63. The second-order valence-electron chi connectivity index (χ2n) is 4.81. The van der Waals surface area contributed by atoms with Gasteiger partial charge in [-0.1, -0.05) is 36.8 Å². The fourth-order valence-electron chi connectivity index (χ4n) is 2.37. The lowest BCUT2D eigenvalue weighted by atomic mass is 9.90. The van der Waals surface area contributed by atoms with Crippen LogP contribution in [0.5, 0.6) is 0 Å². The molecule has 3 nitrogen and oxygen atoms in total. The molecule has 19 heavy (non-hydrogen) atoms. The van der Waals surface area contributed by atoms with Gasteiger partial charge in [0.1, 0.15) is 5.52 Å². The number of aromatic nitrogens is 3. The number of nitrogens with zero attached hydrogens (tertiary/aromatic N) is 3. The van der Waals surface area contributed by atoms with Crippen molar-refractivity contribution >= 4 is 22.8 Å². The van der Waals surface area contributed by atoms with Crippen LogP contribution in [-0.4, -0.2) is 15.0 Å². The van der Waals surface area contributed by atoms with Gasteiger partial charge in [-0.15, -0.1) is 0 Å². The van der Waals surface area contributed by atoms with Crippen molar-refractivity contribution in [2.75, 3.05) is 0 Å². The second kappa shape index (κ2) is 5.54. The molecule has 0 N–H and O–H groups in total. The molecule has 1 aliphatic rings. The molecule has 0 atom stereocenters. The first-order valence-corrected chi connectivity index (χ1v) is 7.00. The van der Waals surface area contributed by atoms with Gasteiger partial charge in [0.25, 0.3) is 0 Å². The van der Waals surface area contributed by atoms with Crippen LogP contribution in [-0.2, 0) is 0 Å². The van der Waals surface area contributed by atoms with Crippen LogP contribution >= 0.6 is 11.6 Å². The third-order valence-electron chi connectivity index (χ3n) is 3.40. The smallest absolute Gasteiger partial charge is 0.179 e. The van der Waals surface area contributed by atoms with E-state index in [-0.39, 0.29) is 0 Å². The van der Waals surface area contributed by atoms with Gasteiger partial charge in [0.2, 0.25) is 0 Å². The quantitative estimate of drug-likeness (QED) is 0.687. The van der Waals surface area contributed by atoms with E-state index in [0.717, 1.165) is 0 Å². The molecular weight excluding hydrogens is 258 g/mol. The standard InChI is InChI=1S/C15H14ClN3/c16-14-12(9-8-11-5-2-1-3-6-11)19-15-13(18-14)7-4-10-17-15/h4,7,10-11H,1-3,5-6H2. The molecule has 0 unspecified atom stereocenters. The Balaban J connectivity index is 1.92. The second-order valence-corrected chi connectivity index (χ2v) is 5.17. The van der Waals surface area contributed by atoms with Crippen LogP contribution in [0.2, 0.25) is 5.15 Å². The zero-order valence-corrected chi connectivity index (χ0v) is 11.3. The van der Waals surface area contributed by atoms with E-state index in [1.807, 2.05) is 12.1 Å². The number of hydrogen-bond donors (Lipinski definition) is 0. The Bertz CT molecular complexity index is 651. The van der Waals surface area contributed by atoms with E-state index in [1.165, 1.54) is 32.1 Å². The Morgan fingerprint density at radius 2 is 2.00 bits per heavy atom. The topological polar surface area (TPSA) is 38.7 Å². The lowest BCUT2D eigenvalue weighted by Gasteiger charge is -2.15. The zero-order valence-electron chi connectivity index (χ0n) is 10.6. The number of pyridine rings is 1. The normalized spacial score (nSPS) is 16.1. The largest absolute Gasteiger partial charge is 0.235 e. The van der Waals surface area contributed by atoms with Gasteiger partial charge in [-0.05, 0) is 30.9 Å². The van der Waals surface area contributed by atoms with E-state index in [1.54, 1.807) is 6.20 Å². The lowest BCUT2D eigenvalue weighted by molar-refractivity contribution is 0.430. The summed E-state index contributed by atoms with van der Waals surface area (Å²) in [6.07, 6.45) is 7.95. The molecule has 2 heterocycles. The predicted molar refractivity (Wildman–Crippen MR) is 75.8 cm³/mol. The lowest BCUT2D eigenvalue weighted by Crippen LogP contribution is -2.03. The molecule has 2 aromatic heterocycles. The highest BCUT2D eigenvalue weighted by atomic mass is 35.5. The molecule has 3 rings (SSSR count). The molecule has 0 bridgehead atoms. The van der Waals surface area contributed by atoms with E-state index in [9.17, 15) is 0 Å². The van der Waals surface area contributed by atoms with Crippen LogP contribution in [0.3, 0.4) is 0 Å². The Kier molecular flexibility index (Phi) is 3.61. The van der Waals surface area contributed by atoms with Gasteiger partial charge in [-0.3, -0.25) is 0 Å². The van der Waals surface area contributed by atoms with Crippen LogP contribution in [0, 0.1) is 17.8 Å². The minimum atomic E-state index is 0.365. The summed E-state index contributed by atoms with van der Waals surface area (Å²) < 4.78 is 0. The van der Waals surface area contributed by atoms with Gasteiger partial charge in [-0.25, -0.2) is 15.0 Å². The van der Waals surface area contributed by atoms with Crippen molar-refractivity contribution in [2.45, 2.75) is 32.1 Å². The van der Waals surface area contributed by atoms with Gasteiger partial charge in [0, 0.05) is 12.1 Å². The molecule has 4 heteroatoms. The Hall–Kier alpha value is -1.66. The molecule has 0 radical (unpaired) electrons. The van der Waals surface area contributed by atoms with Crippen LogP contribution < -0.4 is 0 Å². The van der Waals surface area contributed by atoms with Crippen molar-refractivity contribution in [3.8, 4) is 11.8 Å². The van der Waals surface area contributed by atoms with Crippen LogP contribution in [0.15, 0.2) is 18.3 Å². The van der Waals surface area contributed by atoms with Crippen molar-refractivity contribution < 1.29 is 0 Å². The van der Waals surface area contributed by atoms with E-state index in [2.05, 4.69) is 26.8 Å². The van der Waals surface area contributed by atoms with E-state index in [4.69, 9.17) is 11.6 Å². The van der Waals surface area contributed by atoms with E-state index < -0.39 is 0 Å². The van der Waals surface area contributed by atoms with Crippen LogP contribution in [0.25, 0.3) is 11.2 Å². The zero-order chi connectivity index (χ0) is 13.1. The highest BCUT2D eigenvalue weighted by molar-refractivity contribution is 6.30. The van der Waals surface area contributed by atoms with E-state index in [0.29, 0.717) is 27.9 Å². The summed E-state index contributed by atoms with van der Waals surface area (Å²) in [7, 11) is 0. The fourth-order valence-corrected chi connectivity index (χ4v) is 2.55. The summed E-state index contributed by atoms with van der Waals surface area (Å²) in [6, 6.07) is 3.67. The summed E-state index contributed by atoms with van der Waals surface area (Å²) in [6.45, 7) is 0. The summed E-state index contributed by atoms with van der Waals surface area (Å²) in [5.41, 5.74) is 1.84. The summed E-state index contributed by atoms with van der Waals surface area (Å²) in [5, 5.41) is 0.365. The van der Waals surface area contributed by atoms with Gasteiger partial charge in [-0.2, -0.15) is 0 Å². The van der Waals surface area contributed by atoms with Gasteiger partial charge in [0.05, 0.1) is 0 Å². The van der Waals surface area contributed by atoms with E-state index >= 15 is 0 Å². The third kappa shape index (κ3) is 2.85. The molecule has 1 aliphatic carbocycles. The molecular formula is C15H14ClN3. The number of hydrogen-bond acceptors (Lipinski definition) is 3. The molecule has 0 aromatic carbocycles. The van der Waals surface area contributed by atoms with Crippen molar-refractivity contribution in [3.63, 3.8) is 0 Å². The molecule has 0 aliphatic heterocycles. The average Bonchev–Trinajstić information content (AvgIpc) is 2.46. The molecule has 96 valence electrons. The predicted octanol–water partition coefficient (Wildman–Crippen LogP) is 3.61. The van der Waals surface area contributed by atoms with Crippen LogP contribution in [0.4, 0.5) is 0 Å². The maximum Gasteiger partial charge on any atom is 0.179 e. The molecule has 0 spiro atoms. The maximum atomic E-state index is 6.12. The monoisotopic (exact) mass is 271 g/mol. The molecule has 1 saturated carbocycles. The average molecular weight is 272 g/mol. The summed E-state index contributed by atoms with van der Waals surface area (Å²) >= 11 is 6.12. The Morgan fingerprint density at radius 1 is 1.16 bits per heavy atom. The first-order chi connectivity index (χ1) is 9.33. The molecule has 1 fully saturated rings. The minimum absolute atomic E-state index is 0.365. The van der Waals surface area contributed by atoms with Crippen molar-refractivity contribution in [1.29, 1.82) is 0 Å². The maximum absolute atomic E-state index is 6.12.